The molecule has 0 aliphatic carbocycles. The van der Waals surface area contributed by atoms with Gasteiger partial charge in [0, 0.05) is 28.3 Å². The summed E-state index contributed by atoms with van der Waals surface area (Å²) in [6, 6.07) is 0. The van der Waals surface area contributed by atoms with Gasteiger partial charge < -0.3 is 4.48 Å². The van der Waals surface area contributed by atoms with Crippen LogP contribution in [0, 0.1) is 0 Å². The molecule has 0 aromatic rings. The maximum absolute atomic E-state index is 2.75. The van der Waals surface area contributed by atoms with Crippen LogP contribution in [0.1, 0.15) is 79.1 Å². The van der Waals surface area contributed by atoms with Crippen molar-refractivity contribution in [2.45, 2.75) is 79.1 Å². The predicted octanol–water partition coefficient (Wildman–Crippen LogP) is 6.69. The van der Waals surface area contributed by atoms with Crippen molar-refractivity contribution in [3.8, 4) is 0 Å². The smallest absolute Gasteiger partial charge is 0.0786 e. The van der Waals surface area contributed by atoms with Crippen LogP contribution in [-0.2, 0) is 0 Å². The van der Waals surface area contributed by atoms with Crippen molar-refractivity contribution in [2.75, 3.05) is 26.2 Å². The summed E-state index contributed by atoms with van der Waals surface area (Å²) in [6.07, 6.45) is 11.1. The number of halogens is 2. The lowest BCUT2D eigenvalue weighted by molar-refractivity contribution is -0.929. The van der Waals surface area contributed by atoms with Gasteiger partial charge in [0.1, 0.15) is 0 Å². The minimum absolute atomic E-state index is 1.35. The van der Waals surface area contributed by atoms with Crippen LogP contribution in [0.25, 0.3) is 0 Å². The summed E-state index contributed by atoms with van der Waals surface area (Å²) >= 11 is 5.50. The Morgan fingerprint density at radius 1 is 0.526 bits per heavy atom. The zero-order valence-electron chi connectivity index (χ0n) is 13.7. The molecule has 0 aliphatic heterocycles. The fourth-order valence-electron chi connectivity index (χ4n) is 2.64. The van der Waals surface area contributed by atoms with Gasteiger partial charge in [-0.3, -0.25) is 0 Å². The molecule has 0 aromatic carbocycles. The summed E-state index contributed by atoms with van der Waals surface area (Å²) in [4.78, 5) is 0. The molecule has 0 heterocycles. The molecule has 1 nitrogen and oxygen atoms in total. The van der Waals surface area contributed by atoms with E-state index in [1.807, 2.05) is 0 Å². The molecule has 0 aromatic heterocycles. The minimum atomic E-state index is 1.35. The lowest BCUT2D eigenvalue weighted by atomic mass is 10.1. The fourth-order valence-corrected chi connectivity index (χ4v) is 2.64. The second-order valence-corrected chi connectivity index (χ2v) is 5.65. The second-order valence-electron chi connectivity index (χ2n) is 5.65. The Balaban J connectivity index is 0. The molecule has 19 heavy (non-hydrogen) atoms. The first-order chi connectivity index (χ1) is 9.24. The van der Waals surface area contributed by atoms with Gasteiger partial charge in [-0.2, -0.15) is 0 Å². The molecule has 0 rings (SSSR count). The average Bonchev–Trinajstić information content (AvgIpc) is 2.48. The van der Waals surface area contributed by atoms with Gasteiger partial charge in [0.15, 0.2) is 0 Å². The van der Waals surface area contributed by atoms with E-state index in [0.717, 1.165) is 0 Å². The largest absolute Gasteiger partial charge is 0.324 e. The Morgan fingerprint density at radius 2 is 0.737 bits per heavy atom. The molecule has 0 aliphatic rings. The van der Waals surface area contributed by atoms with Crippen molar-refractivity contribution in [1.29, 1.82) is 0 Å². The topological polar surface area (TPSA) is 0 Å². The molecule has 0 atom stereocenters. The van der Waals surface area contributed by atoms with E-state index in [4.69, 9.17) is 0 Å². The zero-order valence-corrected chi connectivity index (χ0v) is 16.9. The van der Waals surface area contributed by atoms with Crippen molar-refractivity contribution >= 4 is 28.3 Å². The molecular weight excluding hydrogens is 366 g/mol. The van der Waals surface area contributed by atoms with Crippen LogP contribution in [0.2, 0.25) is 0 Å². The molecule has 0 saturated carbocycles. The summed E-state index contributed by atoms with van der Waals surface area (Å²) in [5.74, 6) is 0. The fraction of sp³-hybridized carbons (Fsp3) is 1.00. The van der Waals surface area contributed by atoms with E-state index in [1.54, 1.807) is 0 Å². The highest BCUT2D eigenvalue weighted by Gasteiger charge is 2.24. The van der Waals surface area contributed by atoms with E-state index < -0.39 is 0 Å². The summed E-state index contributed by atoms with van der Waals surface area (Å²) < 4.78 is 1.42. The zero-order chi connectivity index (χ0) is 15.0. The molecule has 3 heteroatoms. The van der Waals surface area contributed by atoms with Crippen LogP contribution in [0.4, 0.5) is 0 Å². The average molecular weight is 402 g/mol. The molecule has 0 bridgehead atoms. The highest BCUT2D eigenvalue weighted by Crippen LogP contribution is 2.16. The van der Waals surface area contributed by atoms with Gasteiger partial charge in [0.25, 0.3) is 0 Å². The van der Waals surface area contributed by atoms with Crippen LogP contribution in [0.3, 0.4) is 0 Å². The lowest BCUT2D eigenvalue weighted by Gasteiger charge is -2.39. The Labute approximate surface area is 138 Å². The molecule has 0 spiro atoms. The van der Waals surface area contributed by atoms with Gasteiger partial charge in [-0.25, -0.2) is 0 Å². The standard InChI is InChI=1S/C16H36N.Br2/c1-5-9-13-17(14-10-6-2,15-11-7-3)16-12-8-4;1-2/h5-16H2,1-4H3;/q+1;. The van der Waals surface area contributed by atoms with Crippen LogP contribution >= 0.6 is 28.3 Å². The maximum Gasteiger partial charge on any atom is 0.0786 e. The highest BCUT2D eigenvalue weighted by atomic mass is 80.9. The molecule has 0 N–H and O–H groups in total. The first kappa shape index (κ1) is 22.2. The SMILES string of the molecule is BrBr.CCCC[N+](CCCC)(CCCC)CCCC. The van der Waals surface area contributed by atoms with E-state index in [-0.39, 0.29) is 0 Å². The summed E-state index contributed by atoms with van der Waals surface area (Å²) in [7, 11) is 0. The molecule has 0 unspecified atom stereocenters. The van der Waals surface area contributed by atoms with E-state index in [0.29, 0.717) is 0 Å². The molecule has 0 radical (unpaired) electrons. The Morgan fingerprint density at radius 3 is 0.895 bits per heavy atom. The van der Waals surface area contributed by atoms with Gasteiger partial charge >= 0.3 is 0 Å². The van der Waals surface area contributed by atoms with Crippen LogP contribution in [-0.4, -0.2) is 30.7 Å². The van der Waals surface area contributed by atoms with Crippen molar-refractivity contribution in [1.82, 2.24) is 0 Å². The van der Waals surface area contributed by atoms with Gasteiger partial charge in [-0.05, 0) is 25.7 Å². The molecular formula is C16H36Br2N+. The highest BCUT2D eigenvalue weighted by molar-refractivity contribution is 9.93. The first-order valence-electron chi connectivity index (χ1n) is 8.24. The van der Waals surface area contributed by atoms with Gasteiger partial charge in [0.2, 0.25) is 0 Å². The normalized spacial score (nSPS) is 11.1. The van der Waals surface area contributed by atoms with E-state index in [1.165, 1.54) is 82.0 Å². The van der Waals surface area contributed by atoms with Gasteiger partial charge in [0.05, 0.1) is 26.2 Å². The molecule has 118 valence electrons. The summed E-state index contributed by atoms with van der Waals surface area (Å²) in [6.45, 7) is 15.0. The van der Waals surface area contributed by atoms with Crippen molar-refractivity contribution in [3.63, 3.8) is 0 Å². The summed E-state index contributed by atoms with van der Waals surface area (Å²) in [5, 5.41) is 0. The minimum Gasteiger partial charge on any atom is -0.324 e. The third-order valence-electron chi connectivity index (χ3n) is 3.94. The van der Waals surface area contributed by atoms with E-state index in [2.05, 4.69) is 56.0 Å². The van der Waals surface area contributed by atoms with Crippen molar-refractivity contribution in [2.24, 2.45) is 0 Å². The van der Waals surface area contributed by atoms with E-state index >= 15 is 0 Å². The molecule has 0 amide bonds. The Bertz CT molecular complexity index is 125. The maximum atomic E-state index is 2.75. The summed E-state index contributed by atoms with van der Waals surface area (Å²) in [5.41, 5.74) is 0. The number of unbranched alkanes of at least 4 members (excludes halogenated alkanes) is 4. The second kappa shape index (κ2) is 17.0. The third-order valence-corrected chi connectivity index (χ3v) is 3.94. The predicted molar refractivity (Wildman–Crippen MR) is 97.2 cm³/mol. The lowest BCUT2D eigenvalue weighted by Crippen LogP contribution is -2.50. The number of quaternary nitrogens is 1. The molecule has 0 saturated heterocycles. The van der Waals surface area contributed by atoms with Crippen LogP contribution < -0.4 is 0 Å². The van der Waals surface area contributed by atoms with Gasteiger partial charge in [-0.1, -0.05) is 53.4 Å². The van der Waals surface area contributed by atoms with Crippen LogP contribution in [0.15, 0.2) is 0 Å². The van der Waals surface area contributed by atoms with Crippen molar-refractivity contribution in [3.05, 3.63) is 0 Å². The number of hydrogen-bond donors (Lipinski definition) is 0. The Kier molecular flexibility index (Phi) is 19.8. The quantitative estimate of drug-likeness (QED) is 0.319. The number of rotatable bonds is 12. The number of nitrogens with zero attached hydrogens (tertiary/aromatic N) is 1. The van der Waals surface area contributed by atoms with E-state index in [9.17, 15) is 0 Å². The van der Waals surface area contributed by atoms with Gasteiger partial charge in [-0.15, -0.1) is 0 Å². The third kappa shape index (κ3) is 12.4. The monoisotopic (exact) mass is 400 g/mol. The first-order valence-corrected chi connectivity index (χ1v) is 12.0. The Hall–Kier alpha value is 0.920. The van der Waals surface area contributed by atoms with Crippen molar-refractivity contribution < 1.29 is 4.48 Å². The number of hydrogen-bond acceptors (Lipinski definition) is 0. The van der Waals surface area contributed by atoms with Crippen LogP contribution in [0.5, 0.6) is 0 Å². The molecule has 0 fully saturated rings.